The number of thiophene rings is 1. The molecule has 1 atom stereocenters. The van der Waals surface area contributed by atoms with Crippen LogP contribution in [0.4, 0.5) is 0 Å². The summed E-state index contributed by atoms with van der Waals surface area (Å²) in [5.41, 5.74) is 0. The molecule has 1 heterocycles. The van der Waals surface area contributed by atoms with E-state index in [1.165, 1.54) is 62.7 Å². The Morgan fingerprint density at radius 2 is 1.65 bits per heavy atom. The zero-order valence-electron chi connectivity index (χ0n) is 13.7. The normalized spacial score (nSPS) is 12.8. The molecule has 1 rings (SSSR count). The smallest absolute Gasteiger partial charge is 0.0115 e. The lowest BCUT2D eigenvalue weighted by Gasteiger charge is -2.17. The first kappa shape index (κ1) is 17.7. The van der Waals surface area contributed by atoms with Crippen molar-refractivity contribution in [3.05, 3.63) is 21.9 Å². The predicted octanol–water partition coefficient (Wildman–Crippen LogP) is 5.58. The second kappa shape index (κ2) is 11.3. The molecule has 1 aromatic heterocycles. The monoisotopic (exact) mass is 295 g/mol. The molecular formula is C18H33NS. The van der Waals surface area contributed by atoms with Gasteiger partial charge in [-0.1, -0.05) is 59.3 Å². The molecule has 0 aliphatic heterocycles. The number of hydrogen-bond donors (Lipinski definition) is 1. The second-order valence-electron chi connectivity index (χ2n) is 5.74. The maximum atomic E-state index is 3.67. The lowest BCUT2D eigenvalue weighted by Crippen LogP contribution is -2.30. The number of hydrogen-bond acceptors (Lipinski definition) is 2. The van der Waals surface area contributed by atoms with Crippen LogP contribution in [0.3, 0.4) is 0 Å². The predicted molar refractivity (Wildman–Crippen MR) is 92.9 cm³/mol. The fourth-order valence-corrected chi connectivity index (χ4v) is 3.74. The van der Waals surface area contributed by atoms with Crippen LogP contribution in [0, 0.1) is 0 Å². The summed E-state index contributed by atoms with van der Waals surface area (Å²) in [5, 5.41) is 3.67. The van der Waals surface area contributed by atoms with E-state index in [1.54, 1.807) is 4.88 Å². The minimum absolute atomic E-state index is 0.675. The number of aryl methyl sites for hydroxylation is 1. The van der Waals surface area contributed by atoms with E-state index in [2.05, 4.69) is 38.2 Å². The van der Waals surface area contributed by atoms with E-state index >= 15 is 0 Å². The first-order valence-electron chi connectivity index (χ1n) is 8.61. The van der Waals surface area contributed by atoms with Crippen LogP contribution >= 0.6 is 11.3 Å². The Labute approximate surface area is 130 Å². The topological polar surface area (TPSA) is 12.0 Å². The fourth-order valence-electron chi connectivity index (χ4n) is 2.70. The molecule has 0 bridgehead atoms. The van der Waals surface area contributed by atoms with Gasteiger partial charge in [0.25, 0.3) is 0 Å². The SMILES string of the molecule is CCCCCCCCC(Cc1ccc(CC)s1)NCC. The van der Waals surface area contributed by atoms with Crippen LogP contribution < -0.4 is 5.32 Å². The Morgan fingerprint density at radius 3 is 2.30 bits per heavy atom. The summed E-state index contributed by atoms with van der Waals surface area (Å²) in [7, 11) is 0. The van der Waals surface area contributed by atoms with Crippen molar-refractivity contribution in [1.29, 1.82) is 0 Å². The van der Waals surface area contributed by atoms with Crippen molar-refractivity contribution in [2.45, 2.75) is 84.6 Å². The van der Waals surface area contributed by atoms with Gasteiger partial charge in [0.2, 0.25) is 0 Å². The van der Waals surface area contributed by atoms with Crippen molar-refractivity contribution < 1.29 is 0 Å². The first-order valence-corrected chi connectivity index (χ1v) is 9.42. The molecule has 0 fully saturated rings. The Bertz CT molecular complexity index is 332. The third kappa shape index (κ3) is 7.44. The van der Waals surface area contributed by atoms with Crippen LogP contribution in [0.25, 0.3) is 0 Å². The summed E-state index contributed by atoms with van der Waals surface area (Å²) in [6.45, 7) is 7.84. The highest BCUT2D eigenvalue weighted by Gasteiger charge is 2.09. The highest BCUT2D eigenvalue weighted by atomic mass is 32.1. The third-order valence-electron chi connectivity index (χ3n) is 3.91. The van der Waals surface area contributed by atoms with Gasteiger partial charge in [-0.15, -0.1) is 11.3 Å². The average Bonchev–Trinajstić information content (AvgIpc) is 2.90. The fraction of sp³-hybridized carbons (Fsp3) is 0.778. The molecule has 1 aromatic rings. The zero-order valence-corrected chi connectivity index (χ0v) is 14.5. The molecule has 0 saturated heterocycles. The molecule has 1 nitrogen and oxygen atoms in total. The van der Waals surface area contributed by atoms with E-state index in [9.17, 15) is 0 Å². The second-order valence-corrected chi connectivity index (χ2v) is 6.99. The molecule has 2 heteroatoms. The van der Waals surface area contributed by atoms with Crippen LogP contribution in [0.1, 0.15) is 75.5 Å². The molecule has 0 aliphatic carbocycles. The minimum Gasteiger partial charge on any atom is -0.314 e. The molecule has 20 heavy (non-hydrogen) atoms. The van der Waals surface area contributed by atoms with Crippen molar-refractivity contribution in [2.24, 2.45) is 0 Å². The summed E-state index contributed by atoms with van der Waals surface area (Å²) in [5.74, 6) is 0. The molecule has 0 aromatic carbocycles. The van der Waals surface area contributed by atoms with Crippen molar-refractivity contribution in [3.8, 4) is 0 Å². The molecule has 0 saturated carbocycles. The summed E-state index contributed by atoms with van der Waals surface area (Å²) in [6.07, 6.45) is 12.1. The van der Waals surface area contributed by atoms with Gasteiger partial charge < -0.3 is 5.32 Å². The molecule has 116 valence electrons. The standard InChI is InChI=1S/C18H33NS/c1-4-7-8-9-10-11-12-16(19-6-3)15-18-14-13-17(5-2)20-18/h13-14,16,19H,4-12,15H2,1-3H3. The summed E-state index contributed by atoms with van der Waals surface area (Å²) < 4.78 is 0. The van der Waals surface area contributed by atoms with E-state index in [0.29, 0.717) is 6.04 Å². The quantitative estimate of drug-likeness (QED) is 0.496. The van der Waals surface area contributed by atoms with Crippen molar-refractivity contribution in [3.63, 3.8) is 0 Å². The number of likely N-dealkylation sites (N-methyl/N-ethyl adjacent to an activating group) is 1. The maximum Gasteiger partial charge on any atom is 0.0115 e. The molecule has 0 aliphatic rings. The maximum absolute atomic E-state index is 3.67. The molecule has 0 radical (unpaired) electrons. The third-order valence-corrected chi connectivity index (χ3v) is 5.16. The highest BCUT2D eigenvalue weighted by molar-refractivity contribution is 7.11. The van der Waals surface area contributed by atoms with E-state index in [1.807, 2.05) is 11.3 Å². The van der Waals surface area contributed by atoms with E-state index in [-0.39, 0.29) is 0 Å². The molecule has 0 amide bonds. The lowest BCUT2D eigenvalue weighted by atomic mass is 10.0. The Morgan fingerprint density at radius 1 is 0.950 bits per heavy atom. The van der Waals surface area contributed by atoms with Gasteiger partial charge in [-0.2, -0.15) is 0 Å². The summed E-state index contributed by atoms with van der Waals surface area (Å²) >= 11 is 2.00. The van der Waals surface area contributed by atoms with Crippen LogP contribution in [0.2, 0.25) is 0 Å². The van der Waals surface area contributed by atoms with E-state index in [0.717, 1.165) is 6.54 Å². The minimum atomic E-state index is 0.675. The molecular weight excluding hydrogens is 262 g/mol. The lowest BCUT2D eigenvalue weighted by molar-refractivity contribution is 0.461. The van der Waals surface area contributed by atoms with Gasteiger partial charge in [-0.05, 0) is 37.9 Å². The Balaban J connectivity index is 2.25. The van der Waals surface area contributed by atoms with Crippen LogP contribution in [0.15, 0.2) is 12.1 Å². The number of nitrogens with one attached hydrogen (secondary N) is 1. The van der Waals surface area contributed by atoms with E-state index < -0.39 is 0 Å². The van der Waals surface area contributed by atoms with Gasteiger partial charge >= 0.3 is 0 Å². The molecule has 1 N–H and O–H groups in total. The van der Waals surface area contributed by atoms with E-state index in [4.69, 9.17) is 0 Å². The highest BCUT2D eigenvalue weighted by Crippen LogP contribution is 2.20. The Hall–Kier alpha value is -0.340. The largest absolute Gasteiger partial charge is 0.314 e. The Kier molecular flexibility index (Phi) is 10.0. The van der Waals surface area contributed by atoms with Gasteiger partial charge in [0.15, 0.2) is 0 Å². The summed E-state index contributed by atoms with van der Waals surface area (Å²) in [6, 6.07) is 5.30. The van der Waals surface area contributed by atoms with Gasteiger partial charge in [-0.25, -0.2) is 0 Å². The van der Waals surface area contributed by atoms with Gasteiger partial charge in [-0.3, -0.25) is 0 Å². The van der Waals surface area contributed by atoms with Crippen molar-refractivity contribution in [2.75, 3.05) is 6.54 Å². The van der Waals surface area contributed by atoms with Crippen molar-refractivity contribution >= 4 is 11.3 Å². The van der Waals surface area contributed by atoms with Crippen LogP contribution in [-0.4, -0.2) is 12.6 Å². The average molecular weight is 296 g/mol. The first-order chi connectivity index (χ1) is 9.80. The summed E-state index contributed by atoms with van der Waals surface area (Å²) in [4.78, 5) is 3.08. The van der Waals surface area contributed by atoms with Gasteiger partial charge in [0.05, 0.1) is 0 Å². The molecule has 0 spiro atoms. The number of rotatable bonds is 12. The van der Waals surface area contributed by atoms with Crippen molar-refractivity contribution in [1.82, 2.24) is 5.32 Å². The molecule has 1 unspecified atom stereocenters. The van der Waals surface area contributed by atoms with Gasteiger partial charge in [0, 0.05) is 15.8 Å². The zero-order chi connectivity index (χ0) is 14.6. The van der Waals surface area contributed by atoms with Gasteiger partial charge in [0.1, 0.15) is 0 Å². The number of unbranched alkanes of at least 4 members (excludes halogenated alkanes) is 5. The van der Waals surface area contributed by atoms with Crippen LogP contribution in [-0.2, 0) is 12.8 Å². The van der Waals surface area contributed by atoms with Crippen LogP contribution in [0.5, 0.6) is 0 Å².